The Bertz CT molecular complexity index is 308. The highest BCUT2D eigenvalue weighted by Gasteiger charge is 2.39. The van der Waals surface area contributed by atoms with Gasteiger partial charge < -0.3 is 5.11 Å². The number of hydrogen-bond donors (Lipinski definition) is 1. The Balaban J connectivity index is 2.08. The number of aryl methyl sites for hydroxylation is 1. The molecule has 3 nitrogen and oxygen atoms in total. The highest BCUT2D eigenvalue weighted by atomic mass is 16.3. The second-order valence-electron chi connectivity index (χ2n) is 4.11. The predicted octanol–water partition coefficient (Wildman–Crippen LogP) is 1.78. The lowest BCUT2D eigenvalue weighted by atomic mass is 9.67. The van der Waals surface area contributed by atoms with Crippen molar-refractivity contribution in [2.45, 2.75) is 45.3 Å². The molecule has 0 aliphatic heterocycles. The van der Waals surface area contributed by atoms with Crippen molar-refractivity contribution in [3.05, 3.63) is 18.0 Å². The van der Waals surface area contributed by atoms with Crippen molar-refractivity contribution in [1.82, 2.24) is 9.78 Å². The average Bonchev–Trinajstić information content (AvgIpc) is 2.62. The van der Waals surface area contributed by atoms with Gasteiger partial charge in [-0.2, -0.15) is 5.10 Å². The molecule has 1 aliphatic carbocycles. The summed E-state index contributed by atoms with van der Waals surface area (Å²) >= 11 is 0. The Morgan fingerprint density at radius 2 is 2.36 bits per heavy atom. The van der Waals surface area contributed by atoms with Crippen molar-refractivity contribution >= 4 is 0 Å². The molecule has 1 N–H and O–H groups in total. The molecule has 0 amide bonds. The van der Waals surface area contributed by atoms with E-state index in [1.807, 2.05) is 10.9 Å². The van der Waals surface area contributed by atoms with E-state index in [9.17, 15) is 5.11 Å². The average molecular weight is 194 g/mol. The summed E-state index contributed by atoms with van der Waals surface area (Å²) in [6.07, 6.45) is 5.94. The molecular weight excluding hydrogens is 176 g/mol. The monoisotopic (exact) mass is 194 g/mol. The molecule has 3 heteroatoms. The van der Waals surface area contributed by atoms with Gasteiger partial charge in [0.15, 0.2) is 0 Å². The van der Waals surface area contributed by atoms with E-state index in [-0.39, 0.29) is 6.10 Å². The molecule has 1 aliphatic rings. The summed E-state index contributed by atoms with van der Waals surface area (Å²) in [6.45, 7) is 5.15. The fraction of sp³-hybridized carbons (Fsp3) is 0.727. The molecule has 0 radical (unpaired) electrons. The molecule has 0 bridgehead atoms. The molecule has 1 aromatic rings. The Morgan fingerprint density at radius 1 is 1.57 bits per heavy atom. The van der Waals surface area contributed by atoms with Gasteiger partial charge in [0.1, 0.15) is 0 Å². The molecule has 0 aromatic carbocycles. The summed E-state index contributed by atoms with van der Waals surface area (Å²) in [7, 11) is 0. The van der Waals surface area contributed by atoms with E-state index in [1.54, 1.807) is 0 Å². The minimum Gasteiger partial charge on any atom is -0.393 e. The fourth-order valence-corrected chi connectivity index (χ4v) is 2.37. The molecule has 2 rings (SSSR count). The van der Waals surface area contributed by atoms with E-state index in [2.05, 4.69) is 25.1 Å². The zero-order chi connectivity index (χ0) is 10.1. The van der Waals surface area contributed by atoms with E-state index in [0.717, 1.165) is 19.4 Å². The first-order valence-electron chi connectivity index (χ1n) is 5.46. The van der Waals surface area contributed by atoms with Gasteiger partial charge in [0.05, 0.1) is 12.3 Å². The highest BCUT2D eigenvalue weighted by molar-refractivity contribution is 5.18. The molecule has 3 unspecified atom stereocenters. The van der Waals surface area contributed by atoms with E-state index in [0.29, 0.717) is 11.8 Å². The minimum atomic E-state index is -0.0880. The third kappa shape index (κ3) is 1.46. The largest absolute Gasteiger partial charge is 0.393 e. The topological polar surface area (TPSA) is 38.1 Å². The third-order valence-corrected chi connectivity index (χ3v) is 3.38. The molecular formula is C11H18N2O. The smallest absolute Gasteiger partial charge is 0.0580 e. The van der Waals surface area contributed by atoms with Gasteiger partial charge in [0, 0.05) is 12.7 Å². The van der Waals surface area contributed by atoms with Gasteiger partial charge in [-0.3, -0.25) is 4.68 Å². The van der Waals surface area contributed by atoms with Crippen LogP contribution in [0.5, 0.6) is 0 Å². The summed E-state index contributed by atoms with van der Waals surface area (Å²) in [5.41, 5.74) is 1.30. The Kier molecular flexibility index (Phi) is 2.59. The second-order valence-corrected chi connectivity index (χ2v) is 4.11. The van der Waals surface area contributed by atoms with Crippen LogP contribution >= 0.6 is 0 Å². The van der Waals surface area contributed by atoms with E-state index in [1.165, 1.54) is 5.56 Å². The first-order valence-corrected chi connectivity index (χ1v) is 5.46. The number of aromatic nitrogens is 2. The van der Waals surface area contributed by atoms with Crippen LogP contribution in [0.2, 0.25) is 0 Å². The van der Waals surface area contributed by atoms with Crippen LogP contribution in [0.15, 0.2) is 12.4 Å². The van der Waals surface area contributed by atoms with Crippen molar-refractivity contribution < 1.29 is 5.11 Å². The molecule has 0 spiro atoms. The standard InChI is InChI=1S/C11H18N2O/c1-3-9-10(5-11(9)14)8-6-12-13(4-2)7-8/h6-7,9-11,14H,3-5H2,1-2H3. The first kappa shape index (κ1) is 9.71. The third-order valence-electron chi connectivity index (χ3n) is 3.38. The van der Waals surface area contributed by atoms with E-state index >= 15 is 0 Å². The van der Waals surface area contributed by atoms with Crippen LogP contribution in [0.1, 0.15) is 38.2 Å². The highest BCUT2D eigenvalue weighted by Crippen LogP contribution is 2.44. The molecule has 1 aromatic heterocycles. The number of hydrogen-bond acceptors (Lipinski definition) is 2. The van der Waals surface area contributed by atoms with Crippen molar-refractivity contribution in [2.75, 3.05) is 0 Å². The fourth-order valence-electron chi connectivity index (χ4n) is 2.37. The van der Waals surface area contributed by atoms with Crippen LogP contribution in [0.25, 0.3) is 0 Å². The molecule has 1 heterocycles. The minimum absolute atomic E-state index is 0.0880. The van der Waals surface area contributed by atoms with Gasteiger partial charge in [0.2, 0.25) is 0 Å². The van der Waals surface area contributed by atoms with Gasteiger partial charge in [-0.05, 0) is 30.7 Å². The van der Waals surface area contributed by atoms with Gasteiger partial charge >= 0.3 is 0 Å². The van der Waals surface area contributed by atoms with Crippen molar-refractivity contribution in [2.24, 2.45) is 5.92 Å². The molecule has 0 saturated heterocycles. The van der Waals surface area contributed by atoms with Crippen molar-refractivity contribution in [1.29, 1.82) is 0 Å². The quantitative estimate of drug-likeness (QED) is 0.796. The summed E-state index contributed by atoms with van der Waals surface area (Å²) < 4.78 is 1.95. The van der Waals surface area contributed by atoms with Crippen LogP contribution < -0.4 is 0 Å². The normalized spacial score (nSPS) is 31.5. The van der Waals surface area contributed by atoms with Crippen LogP contribution in [0.4, 0.5) is 0 Å². The Morgan fingerprint density at radius 3 is 2.86 bits per heavy atom. The zero-order valence-electron chi connectivity index (χ0n) is 8.85. The maximum Gasteiger partial charge on any atom is 0.0580 e. The second kappa shape index (κ2) is 3.73. The van der Waals surface area contributed by atoms with E-state index < -0.39 is 0 Å². The Hall–Kier alpha value is -0.830. The lowest BCUT2D eigenvalue weighted by molar-refractivity contribution is -0.000751. The van der Waals surface area contributed by atoms with Crippen LogP contribution in [0.3, 0.4) is 0 Å². The van der Waals surface area contributed by atoms with Gasteiger partial charge in [-0.25, -0.2) is 0 Å². The number of aliphatic hydroxyl groups is 1. The summed E-state index contributed by atoms with van der Waals surface area (Å²) in [6, 6.07) is 0. The summed E-state index contributed by atoms with van der Waals surface area (Å²) in [5.74, 6) is 0.986. The maximum absolute atomic E-state index is 9.58. The Labute approximate surface area is 84.7 Å². The van der Waals surface area contributed by atoms with Crippen molar-refractivity contribution in [3.63, 3.8) is 0 Å². The van der Waals surface area contributed by atoms with Gasteiger partial charge in [-0.1, -0.05) is 13.3 Å². The lowest BCUT2D eigenvalue weighted by Gasteiger charge is -2.40. The maximum atomic E-state index is 9.58. The van der Waals surface area contributed by atoms with Crippen LogP contribution in [-0.2, 0) is 6.54 Å². The van der Waals surface area contributed by atoms with Crippen molar-refractivity contribution in [3.8, 4) is 0 Å². The van der Waals surface area contributed by atoms with Gasteiger partial charge in [0.25, 0.3) is 0 Å². The molecule has 3 atom stereocenters. The summed E-state index contributed by atoms with van der Waals surface area (Å²) in [4.78, 5) is 0. The predicted molar refractivity (Wildman–Crippen MR) is 55.0 cm³/mol. The number of nitrogens with zero attached hydrogens (tertiary/aromatic N) is 2. The number of aliphatic hydroxyl groups excluding tert-OH is 1. The zero-order valence-corrected chi connectivity index (χ0v) is 8.85. The number of rotatable bonds is 3. The molecule has 14 heavy (non-hydrogen) atoms. The van der Waals surface area contributed by atoms with Gasteiger partial charge in [-0.15, -0.1) is 0 Å². The SMILES string of the molecule is CCC1C(O)CC1c1cnn(CC)c1. The molecule has 1 fully saturated rings. The first-order chi connectivity index (χ1) is 6.76. The summed E-state index contributed by atoms with van der Waals surface area (Å²) in [5, 5.41) is 13.8. The van der Waals surface area contributed by atoms with Crippen LogP contribution in [0, 0.1) is 5.92 Å². The molecule has 78 valence electrons. The lowest BCUT2D eigenvalue weighted by Crippen LogP contribution is -2.38. The van der Waals surface area contributed by atoms with E-state index in [4.69, 9.17) is 0 Å². The molecule has 1 saturated carbocycles. The van der Waals surface area contributed by atoms with Crippen LogP contribution in [-0.4, -0.2) is 21.0 Å².